The van der Waals surface area contributed by atoms with Gasteiger partial charge < -0.3 is 9.47 Å². The number of carbonyl (C=O) groups excluding carboxylic acids is 1. The summed E-state index contributed by atoms with van der Waals surface area (Å²) in [6, 6.07) is 12.5. The molecule has 1 N–H and O–H groups in total. The molecule has 160 valence electrons. The highest BCUT2D eigenvalue weighted by molar-refractivity contribution is 9.10. The second kappa shape index (κ2) is 9.85. The predicted molar refractivity (Wildman–Crippen MR) is 117 cm³/mol. The summed E-state index contributed by atoms with van der Waals surface area (Å²) in [4.78, 5) is 23.2. The Kier molecular flexibility index (Phi) is 6.98. The highest BCUT2D eigenvalue weighted by Gasteiger charge is 2.25. The lowest BCUT2D eigenvalue weighted by Gasteiger charge is -2.06. The van der Waals surface area contributed by atoms with Crippen molar-refractivity contribution in [3.63, 3.8) is 0 Å². The van der Waals surface area contributed by atoms with Crippen LogP contribution in [0.3, 0.4) is 0 Å². The Bertz CT molecular complexity index is 1140. The number of carbonyl (C=O) groups is 1. The van der Waals surface area contributed by atoms with Gasteiger partial charge in [-0.1, -0.05) is 28.1 Å². The minimum absolute atomic E-state index is 0.264. The Morgan fingerprint density at radius 1 is 1.29 bits per heavy atom. The van der Waals surface area contributed by atoms with Gasteiger partial charge in [0, 0.05) is 16.1 Å². The minimum Gasteiger partial charge on any atom is -0.497 e. The van der Waals surface area contributed by atoms with Gasteiger partial charge in [-0.15, -0.1) is 0 Å². The summed E-state index contributed by atoms with van der Waals surface area (Å²) in [5, 5.41) is 19.3. The average Bonchev–Trinajstić information content (AvgIpc) is 3.18. The number of amides is 1. The van der Waals surface area contributed by atoms with Crippen LogP contribution in [0.2, 0.25) is 0 Å². The first-order chi connectivity index (χ1) is 14.9. The molecule has 3 rings (SSSR count). The number of aromatic nitrogens is 2. The van der Waals surface area contributed by atoms with Crippen molar-refractivity contribution in [2.45, 2.75) is 6.54 Å². The number of hydrogen-bond donors (Lipinski definition) is 1. The van der Waals surface area contributed by atoms with Gasteiger partial charge in [-0.25, -0.2) is 5.43 Å². The third-order valence-electron chi connectivity index (χ3n) is 4.20. The smallest absolute Gasteiger partial charge is 0.320 e. The zero-order valence-electron chi connectivity index (χ0n) is 16.6. The van der Waals surface area contributed by atoms with Crippen molar-refractivity contribution >= 4 is 33.7 Å². The molecule has 0 saturated heterocycles. The van der Waals surface area contributed by atoms with E-state index in [1.807, 2.05) is 24.3 Å². The number of nitrogens with one attached hydrogen (secondary N) is 1. The number of hydrazone groups is 1. The summed E-state index contributed by atoms with van der Waals surface area (Å²) < 4.78 is 12.6. The van der Waals surface area contributed by atoms with E-state index in [1.165, 1.54) is 31.3 Å². The summed E-state index contributed by atoms with van der Waals surface area (Å²) in [5.41, 5.74) is 2.96. The van der Waals surface area contributed by atoms with Crippen LogP contribution in [0.15, 0.2) is 58.2 Å². The third-order valence-corrected chi connectivity index (χ3v) is 4.69. The molecule has 0 fully saturated rings. The summed E-state index contributed by atoms with van der Waals surface area (Å²) in [5.74, 6) is 0.287. The molecule has 0 spiro atoms. The van der Waals surface area contributed by atoms with Gasteiger partial charge in [-0.2, -0.15) is 10.2 Å². The summed E-state index contributed by atoms with van der Waals surface area (Å²) in [6.45, 7) is 0.264. The van der Waals surface area contributed by atoms with Gasteiger partial charge in [0.15, 0.2) is 0 Å². The molecule has 0 saturated carbocycles. The summed E-state index contributed by atoms with van der Waals surface area (Å²) in [6.07, 6.45) is 2.58. The molecule has 1 aromatic heterocycles. The Morgan fingerprint density at radius 3 is 2.77 bits per heavy atom. The van der Waals surface area contributed by atoms with Gasteiger partial charge in [0.05, 0.1) is 31.9 Å². The molecule has 0 aliphatic heterocycles. The van der Waals surface area contributed by atoms with E-state index in [0.29, 0.717) is 17.1 Å². The van der Waals surface area contributed by atoms with Crippen molar-refractivity contribution in [3.05, 3.63) is 80.1 Å². The van der Waals surface area contributed by atoms with Crippen molar-refractivity contribution in [1.82, 2.24) is 15.2 Å². The fourth-order valence-electron chi connectivity index (χ4n) is 2.75. The van der Waals surface area contributed by atoms with Crippen molar-refractivity contribution in [2.24, 2.45) is 5.10 Å². The number of methoxy groups -OCH3 is 2. The monoisotopic (exact) mass is 487 g/mol. The van der Waals surface area contributed by atoms with Gasteiger partial charge >= 0.3 is 5.69 Å². The van der Waals surface area contributed by atoms with Crippen molar-refractivity contribution < 1.29 is 19.2 Å². The molecule has 3 aromatic rings. The molecular formula is C20H18BrN5O5. The lowest BCUT2D eigenvalue weighted by molar-refractivity contribution is -0.385. The standard InChI is InChI=1S/C20H18BrN5O5/c1-30-16-7-6-14(18(9-16)31-2)10-22-23-20(27)19-17(26(28)29)12-25(24-19)11-13-4-3-5-15(21)8-13/h3-10,12H,11H2,1-2H3,(H,23,27)/b22-10-. The van der Waals surface area contributed by atoms with E-state index in [9.17, 15) is 14.9 Å². The molecule has 11 heteroatoms. The zero-order chi connectivity index (χ0) is 22.4. The Hall–Kier alpha value is -3.73. The minimum atomic E-state index is -0.802. The molecular weight excluding hydrogens is 470 g/mol. The molecule has 0 radical (unpaired) electrons. The molecule has 1 amide bonds. The highest BCUT2D eigenvalue weighted by Crippen LogP contribution is 2.23. The largest absolute Gasteiger partial charge is 0.497 e. The SMILES string of the molecule is COc1ccc(/C=N\NC(=O)c2nn(Cc3cccc(Br)c3)cc2[N+](=O)[O-])c(OC)c1. The summed E-state index contributed by atoms with van der Waals surface area (Å²) in [7, 11) is 3.03. The maximum Gasteiger partial charge on any atom is 0.320 e. The number of halogens is 1. The highest BCUT2D eigenvalue weighted by atomic mass is 79.9. The van der Waals surface area contributed by atoms with E-state index in [2.05, 4.69) is 31.6 Å². The number of nitro groups is 1. The van der Waals surface area contributed by atoms with Crippen LogP contribution in [0.5, 0.6) is 11.5 Å². The number of ether oxygens (including phenoxy) is 2. The molecule has 0 unspecified atom stereocenters. The lowest BCUT2D eigenvalue weighted by Crippen LogP contribution is -2.19. The first-order valence-corrected chi connectivity index (χ1v) is 9.72. The number of benzene rings is 2. The lowest BCUT2D eigenvalue weighted by atomic mass is 10.2. The fourth-order valence-corrected chi connectivity index (χ4v) is 3.19. The maximum absolute atomic E-state index is 12.5. The van der Waals surface area contributed by atoms with Crippen LogP contribution in [-0.2, 0) is 6.54 Å². The van der Waals surface area contributed by atoms with Crippen LogP contribution >= 0.6 is 15.9 Å². The average molecular weight is 488 g/mol. The molecule has 1 heterocycles. The van der Waals surface area contributed by atoms with Gasteiger partial charge in [-0.05, 0) is 29.8 Å². The van der Waals surface area contributed by atoms with Gasteiger partial charge in [0.1, 0.15) is 17.7 Å². The van der Waals surface area contributed by atoms with Crippen LogP contribution in [0, 0.1) is 10.1 Å². The normalized spacial score (nSPS) is 10.8. The molecule has 0 aliphatic rings. The number of nitrogens with zero attached hydrogens (tertiary/aromatic N) is 4. The van der Waals surface area contributed by atoms with Crippen LogP contribution in [0.4, 0.5) is 5.69 Å². The quantitative estimate of drug-likeness (QED) is 0.295. The van der Waals surface area contributed by atoms with E-state index in [1.54, 1.807) is 18.2 Å². The Balaban J connectivity index is 1.77. The fraction of sp³-hybridized carbons (Fsp3) is 0.150. The molecule has 31 heavy (non-hydrogen) atoms. The van der Waals surface area contributed by atoms with Crippen LogP contribution in [-0.4, -0.2) is 41.0 Å². The van der Waals surface area contributed by atoms with Crippen molar-refractivity contribution in [2.75, 3.05) is 14.2 Å². The first kappa shape index (κ1) is 22.0. The zero-order valence-corrected chi connectivity index (χ0v) is 18.2. The molecule has 0 atom stereocenters. The van der Waals surface area contributed by atoms with Gasteiger partial charge in [-0.3, -0.25) is 19.6 Å². The van der Waals surface area contributed by atoms with E-state index in [0.717, 1.165) is 10.0 Å². The van der Waals surface area contributed by atoms with Crippen LogP contribution in [0.25, 0.3) is 0 Å². The molecule has 10 nitrogen and oxygen atoms in total. The molecule has 0 bridgehead atoms. The molecule has 0 aliphatic carbocycles. The topological polar surface area (TPSA) is 121 Å². The Labute approximate surface area is 185 Å². The maximum atomic E-state index is 12.5. The second-order valence-electron chi connectivity index (χ2n) is 6.25. The van der Waals surface area contributed by atoms with E-state index in [-0.39, 0.29) is 12.2 Å². The third kappa shape index (κ3) is 5.45. The van der Waals surface area contributed by atoms with Crippen LogP contribution in [0.1, 0.15) is 21.6 Å². The van der Waals surface area contributed by atoms with Gasteiger partial charge in [0.2, 0.25) is 5.69 Å². The van der Waals surface area contributed by atoms with E-state index >= 15 is 0 Å². The van der Waals surface area contributed by atoms with Crippen molar-refractivity contribution in [1.29, 1.82) is 0 Å². The number of hydrogen-bond acceptors (Lipinski definition) is 7. The second-order valence-corrected chi connectivity index (χ2v) is 7.17. The Morgan fingerprint density at radius 2 is 2.10 bits per heavy atom. The van der Waals surface area contributed by atoms with Crippen LogP contribution < -0.4 is 14.9 Å². The molecule has 2 aromatic carbocycles. The first-order valence-electron chi connectivity index (χ1n) is 8.93. The van der Waals surface area contributed by atoms with Gasteiger partial charge in [0.25, 0.3) is 5.91 Å². The van der Waals surface area contributed by atoms with E-state index in [4.69, 9.17) is 9.47 Å². The van der Waals surface area contributed by atoms with E-state index < -0.39 is 16.5 Å². The number of rotatable bonds is 8. The predicted octanol–water partition coefficient (Wildman–Crippen LogP) is 3.38. The summed E-state index contributed by atoms with van der Waals surface area (Å²) >= 11 is 3.37. The van der Waals surface area contributed by atoms with Crippen molar-refractivity contribution in [3.8, 4) is 11.5 Å².